The molecule has 202 valence electrons. The van der Waals surface area contributed by atoms with Gasteiger partial charge in [0.1, 0.15) is 29.4 Å². The topological polar surface area (TPSA) is 82.7 Å². The van der Waals surface area contributed by atoms with E-state index in [9.17, 15) is 4.39 Å². The van der Waals surface area contributed by atoms with Gasteiger partial charge in [-0.15, -0.1) is 0 Å². The molecule has 0 saturated heterocycles. The molecule has 2 unspecified atom stereocenters. The van der Waals surface area contributed by atoms with Crippen molar-refractivity contribution in [1.29, 1.82) is 0 Å². The van der Waals surface area contributed by atoms with E-state index < -0.39 is 0 Å². The van der Waals surface area contributed by atoms with Gasteiger partial charge in [0.05, 0.1) is 16.7 Å². The Labute approximate surface area is 231 Å². The van der Waals surface area contributed by atoms with E-state index in [0.29, 0.717) is 46.8 Å². The lowest BCUT2D eigenvalue weighted by Gasteiger charge is -2.37. The van der Waals surface area contributed by atoms with Gasteiger partial charge in [-0.05, 0) is 92.7 Å². The summed E-state index contributed by atoms with van der Waals surface area (Å²) in [6.45, 7) is 3.40. The molecular weight excluding hydrogens is 503 g/mol. The van der Waals surface area contributed by atoms with Crippen LogP contribution in [0, 0.1) is 17.7 Å². The van der Waals surface area contributed by atoms with Crippen LogP contribution in [-0.2, 0) is 0 Å². The van der Waals surface area contributed by atoms with E-state index in [1.165, 1.54) is 41.7 Å². The molecule has 7 nitrogen and oxygen atoms in total. The lowest BCUT2D eigenvalue weighted by Crippen LogP contribution is -2.25. The number of aromatic nitrogens is 5. The maximum atomic E-state index is 14.6. The van der Waals surface area contributed by atoms with Crippen molar-refractivity contribution in [3.63, 3.8) is 0 Å². The average Bonchev–Trinajstić information content (AvgIpc) is 3.54. The Hall–Kier alpha value is -4.30. The molecule has 0 radical (unpaired) electrons. The van der Waals surface area contributed by atoms with E-state index in [4.69, 9.17) is 9.72 Å². The van der Waals surface area contributed by atoms with E-state index in [0.717, 1.165) is 28.7 Å². The largest absolute Gasteiger partial charge is 0.492 e. The van der Waals surface area contributed by atoms with Crippen LogP contribution in [0.25, 0.3) is 50.3 Å². The standard InChI is InChI=1S/C32H31FN6O/c1-18-12-19-4-5-20(19)15-25(18)21-6-7-27-26(16-21)30(38-37-27)32-35-28-8-9-34-29(31(28)36-32)22-13-23(33)17-24(14-22)40-11-10-39(2)3/h6-9,12-17,19-20H,4-5,10-11H2,1-3H3,(H,35,36)(H,37,38). The Morgan fingerprint density at radius 3 is 2.65 bits per heavy atom. The smallest absolute Gasteiger partial charge is 0.159 e. The summed E-state index contributed by atoms with van der Waals surface area (Å²) in [5.74, 6) is 2.07. The third-order valence-electron chi connectivity index (χ3n) is 8.10. The number of H-pyrrole nitrogens is 2. The summed E-state index contributed by atoms with van der Waals surface area (Å²) in [5.41, 5.74) is 8.17. The number of halogens is 1. The summed E-state index contributed by atoms with van der Waals surface area (Å²) < 4.78 is 20.4. The number of aromatic amines is 2. The molecule has 1 saturated carbocycles. The van der Waals surface area contributed by atoms with Crippen LogP contribution in [0.3, 0.4) is 0 Å². The van der Waals surface area contributed by atoms with Gasteiger partial charge < -0.3 is 14.6 Å². The maximum Gasteiger partial charge on any atom is 0.159 e. The van der Waals surface area contributed by atoms with Crippen molar-refractivity contribution >= 4 is 27.5 Å². The van der Waals surface area contributed by atoms with Crippen molar-refractivity contribution in [2.45, 2.75) is 19.8 Å². The van der Waals surface area contributed by atoms with Crippen molar-refractivity contribution < 1.29 is 9.13 Å². The summed E-state index contributed by atoms with van der Waals surface area (Å²) in [7, 11) is 3.94. The first-order valence-corrected chi connectivity index (χ1v) is 13.8. The number of ether oxygens (including phenoxy) is 1. The minimum atomic E-state index is -0.382. The molecule has 1 fully saturated rings. The van der Waals surface area contributed by atoms with Gasteiger partial charge in [-0.1, -0.05) is 18.2 Å². The van der Waals surface area contributed by atoms with Crippen LogP contribution in [0.15, 0.2) is 66.4 Å². The van der Waals surface area contributed by atoms with Crippen LogP contribution in [-0.4, -0.2) is 57.3 Å². The van der Waals surface area contributed by atoms with Gasteiger partial charge in [0.25, 0.3) is 0 Å². The van der Waals surface area contributed by atoms with Crippen LogP contribution in [0.2, 0.25) is 0 Å². The zero-order chi connectivity index (χ0) is 27.4. The number of nitrogens with one attached hydrogen (secondary N) is 2. The normalized spacial score (nSPS) is 18.5. The lowest BCUT2D eigenvalue weighted by atomic mass is 9.68. The molecule has 2 N–H and O–H groups in total. The number of imidazole rings is 1. The average molecular weight is 535 g/mol. The molecule has 3 aromatic heterocycles. The fourth-order valence-electron chi connectivity index (χ4n) is 5.80. The Bertz CT molecular complexity index is 1810. The zero-order valence-corrected chi connectivity index (χ0v) is 22.8. The maximum absolute atomic E-state index is 14.6. The van der Waals surface area contributed by atoms with Crippen molar-refractivity contribution in [2.75, 3.05) is 27.2 Å². The number of likely N-dealkylation sites (N-methyl/N-ethyl adjacent to an activating group) is 1. The van der Waals surface area contributed by atoms with Crippen molar-refractivity contribution in [3.05, 3.63) is 77.8 Å². The first kappa shape index (κ1) is 24.7. The van der Waals surface area contributed by atoms with Crippen molar-refractivity contribution in [2.24, 2.45) is 11.8 Å². The van der Waals surface area contributed by atoms with E-state index in [1.54, 1.807) is 6.20 Å². The highest BCUT2D eigenvalue weighted by Crippen LogP contribution is 2.45. The van der Waals surface area contributed by atoms with Crippen LogP contribution >= 0.6 is 0 Å². The molecule has 2 aromatic carbocycles. The molecule has 0 aliphatic heterocycles. The zero-order valence-electron chi connectivity index (χ0n) is 22.8. The highest BCUT2D eigenvalue weighted by atomic mass is 19.1. The molecule has 2 aliphatic rings. The summed E-state index contributed by atoms with van der Waals surface area (Å²) in [6.07, 6.45) is 9.14. The molecular formula is C32H31FN6O. The molecule has 0 spiro atoms. The number of allylic oxidation sites excluding steroid dienone is 4. The predicted molar refractivity (Wildman–Crippen MR) is 156 cm³/mol. The number of rotatable bonds is 7. The van der Waals surface area contributed by atoms with Gasteiger partial charge in [0.15, 0.2) is 5.82 Å². The van der Waals surface area contributed by atoms with Gasteiger partial charge in [0.2, 0.25) is 0 Å². The fourth-order valence-corrected chi connectivity index (χ4v) is 5.80. The summed E-state index contributed by atoms with van der Waals surface area (Å²) >= 11 is 0. The Kier molecular flexibility index (Phi) is 6.00. The lowest BCUT2D eigenvalue weighted by molar-refractivity contribution is 0.260. The van der Waals surface area contributed by atoms with Gasteiger partial charge in [-0.2, -0.15) is 5.10 Å². The van der Waals surface area contributed by atoms with Crippen LogP contribution in [0.1, 0.15) is 25.3 Å². The van der Waals surface area contributed by atoms with Gasteiger partial charge in [0, 0.05) is 29.8 Å². The third kappa shape index (κ3) is 4.38. The molecule has 2 atom stereocenters. The monoisotopic (exact) mass is 534 g/mol. The van der Waals surface area contributed by atoms with E-state index in [2.05, 4.69) is 57.4 Å². The summed E-state index contributed by atoms with van der Waals surface area (Å²) in [5, 5.41) is 8.78. The second-order valence-electron chi connectivity index (χ2n) is 11.1. The number of nitrogens with zero attached hydrogens (tertiary/aromatic N) is 4. The molecule has 5 aromatic rings. The highest BCUT2D eigenvalue weighted by molar-refractivity contribution is 5.98. The molecule has 40 heavy (non-hydrogen) atoms. The minimum Gasteiger partial charge on any atom is -0.492 e. The van der Waals surface area contributed by atoms with Gasteiger partial charge in [-0.3, -0.25) is 10.1 Å². The molecule has 8 heteroatoms. The third-order valence-corrected chi connectivity index (χ3v) is 8.10. The fraction of sp³-hybridized carbons (Fsp3) is 0.281. The Morgan fingerprint density at radius 1 is 0.975 bits per heavy atom. The van der Waals surface area contributed by atoms with E-state index in [-0.39, 0.29) is 5.82 Å². The van der Waals surface area contributed by atoms with Crippen molar-refractivity contribution in [3.8, 4) is 28.5 Å². The quantitative estimate of drug-likeness (QED) is 0.245. The molecule has 2 aliphatic carbocycles. The summed E-state index contributed by atoms with van der Waals surface area (Å²) in [6, 6.07) is 13.0. The number of benzene rings is 2. The predicted octanol–water partition coefficient (Wildman–Crippen LogP) is 6.62. The number of hydrogen-bond donors (Lipinski definition) is 2. The van der Waals surface area contributed by atoms with E-state index >= 15 is 0 Å². The second kappa shape index (κ2) is 9.71. The van der Waals surface area contributed by atoms with Crippen molar-refractivity contribution in [1.82, 2.24) is 30.0 Å². The molecule has 0 amide bonds. The van der Waals surface area contributed by atoms with E-state index in [1.807, 2.05) is 31.1 Å². The molecule has 0 bridgehead atoms. The number of pyridine rings is 1. The minimum absolute atomic E-state index is 0.382. The molecule has 3 heterocycles. The highest BCUT2D eigenvalue weighted by Gasteiger charge is 2.31. The van der Waals surface area contributed by atoms with Gasteiger partial charge in [-0.25, -0.2) is 9.37 Å². The Balaban J connectivity index is 1.26. The summed E-state index contributed by atoms with van der Waals surface area (Å²) in [4.78, 5) is 14.9. The first-order chi connectivity index (χ1) is 19.4. The van der Waals surface area contributed by atoms with Crippen LogP contribution in [0.5, 0.6) is 5.75 Å². The Morgan fingerprint density at radius 2 is 1.82 bits per heavy atom. The van der Waals surface area contributed by atoms with Crippen LogP contribution in [0.4, 0.5) is 4.39 Å². The SMILES string of the molecule is CC1=CC2CCC2C=C1c1ccc2[nH]nc(-c3nc4c(-c5cc(F)cc(OCCN(C)C)c5)nccc4[nH]3)c2c1. The second-order valence-corrected chi connectivity index (χ2v) is 11.1. The molecule has 7 rings (SSSR count). The number of fused-ring (bicyclic) bond motifs is 3. The van der Waals surface area contributed by atoms with Crippen LogP contribution < -0.4 is 4.74 Å². The first-order valence-electron chi connectivity index (χ1n) is 13.8. The number of hydrogen-bond acceptors (Lipinski definition) is 5. The van der Waals surface area contributed by atoms with Gasteiger partial charge >= 0.3 is 0 Å².